The summed E-state index contributed by atoms with van der Waals surface area (Å²) in [6, 6.07) is 15.3. The molecule has 0 radical (unpaired) electrons. The number of nitrogens with one attached hydrogen (secondary N) is 1. The van der Waals surface area contributed by atoms with Gasteiger partial charge in [-0.15, -0.1) is 5.11 Å². The molecule has 0 atom stereocenters. The molecule has 4 aromatic rings. The number of carbonyl (C=O) groups excluding carboxylic acids is 1. The summed E-state index contributed by atoms with van der Waals surface area (Å²) < 4.78 is 38.5. The SMILES string of the molecule is CCOc1ccc(Cl)c(NC(=O)c2cc3ccccc3c(N=Nc3cc(S(=O)(=O)O)cc(CC)c3Cl)c2[O-])c1.[Na+]. The van der Waals surface area contributed by atoms with Gasteiger partial charge in [-0.1, -0.05) is 60.1 Å². The van der Waals surface area contributed by atoms with Crippen molar-refractivity contribution in [1.82, 2.24) is 0 Å². The average molecular weight is 610 g/mol. The molecule has 4 aromatic carbocycles. The Kier molecular flexibility index (Phi) is 10.6. The second-order valence-corrected chi connectivity index (χ2v) is 10.5. The van der Waals surface area contributed by atoms with Crippen molar-refractivity contribution in [3.05, 3.63) is 81.8 Å². The molecule has 1 amide bonds. The number of rotatable bonds is 8. The van der Waals surface area contributed by atoms with E-state index in [-0.39, 0.29) is 62.2 Å². The summed E-state index contributed by atoms with van der Waals surface area (Å²) in [5.74, 6) is -0.953. The maximum absolute atomic E-state index is 13.5. The predicted molar refractivity (Wildman–Crippen MR) is 149 cm³/mol. The average Bonchev–Trinajstić information content (AvgIpc) is 2.90. The van der Waals surface area contributed by atoms with E-state index >= 15 is 0 Å². The Morgan fingerprint density at radius 3 is 2.45 bits per heavy atom. The molecule has 0 aliphatic heterocycles. The van der Waals surface area contributed by atoms with Crippen molar-refractivity contribution >= 4 is 67.1 Å². The van der Waals surface area contributed by atoms with E-state index in [1.165, 1.54) is 12.1 Å². The molecule has 13 heteroatoms. The molecule has 202 valence electrons. The first kappa shape index (κ1) is 31.8. The number of amides is 1. The van der Waals surface area contributed by atoms with Crippen molar-refractivity contribution in [3.63, 3.8) is 0 Å². The number of aryl methyl sites for hydroxylation is 1. The minimum atomic E-state index is -4.55. The second-order valence-electron chi connectivity index (χ2n) is 8.30. The molecule has 0 heterocycles. The third-order valence-corrected chi connectivity index (χ3v) is 7.35. The van der Waals surface area contributed by atoms with Gasteiger partial charge < -0.3 is 15.2 Å². The summed E-state index contributed by atoms with van der Waals surface area (Å²) in [6.07, 6.45) is 0.350. The van der Waals surface area contributed by atoms with Crippen molar-refractivity contribution in [2.24, 2.45) is 10.2 Å². The van der Waals surface area contributed by atoms with E-state index < -0.39 is 26.7 Å². The molecular formula is C27H22Cl2N3NaO6S. The van der Waals surface area contributed by atoms with Gasteiger partial charge in [0.2, 0.25) is 0 Å². The molecule has 0 fully saturated rings. The fourth-order valence-electron chi connectivity index (χ4n) is 3.85. The number of anilines is 1. The van der Waals surface area contributed by atoms with E-state index in [9.17, 15) is 22.9 Å². The molecule has 0 saturated carbocycles. The fourth-order valence-corrected chi connectivity index (χ4v) is 4.84. The van der Waals surface area contributed by atoms with Crippen LogP contribution in [0, 0.1) is 0 Å². The van der Waals surface area contributed by atoms with Crippen LogP contribution in [0.4, 0.5) is 17.1 Å². The van der Waals surface area contributed by atoms with Gasteiger partial charge in [0.05, 0.1) is 32.9 Å². The predicted octanol–water partition coefficient (Wildman–Crippen LogP) is 4.10. The van der Waals surface area contributed by atoms with Gasteiger partial charge in [-0.3, -0.25) is 9.35 Å². The van der Waals surface area contributed by atoms with Crippen LogP contribution in [0.15, 0.2) is 75.8 Å². The molecule has 0 aliphatic rings. The Hall–Kier alpha value is -2.70. The van der Waals surface area contributed by atoms with Crippen LogP contribution in [0.1, 0.15) is 29.8 Å². The number of benzene rings is 4. The molecule has 40 heavy (non-hydrogen) atoms. The van der Waals surface area contributed by atoms with Gasteiger partial charge in [-0.05, 0) is 54.6 Å². The first-order valence-corrected chi connectivity index (χ1v) is 13.9. The van der Waals surface area contributed by atoms with Gasteiger partial charge in [0.15, 0.2) is 0 Å². The summed E-state index contributed by atoms with van der Waals surface area (Å²) in [7, 11) is -4.55. The Morgan fingerprint density at radius 1 is 1.05 bits per heavy atom. The van der Waals surface area contributed by atoms with E-state index in [1.54, 1.807) is 49.4 Å². The van der Waals surface area contributed by atoms with E-state index in [2.05, 4.69) is 15.5 Å². The standard InChI is InChI=1S/C27H23Cl2N3O6S.Na/c1-3-15-11-18(39(35,36)37)14-23(24(15)29)31-32-25-19-8-6-5-7-16(19)12-20(26(25)33)27(34)30-22-13-17(38-4-2)9-10-21(22)28;/h5-14,33H,3-4H2,1-2H3,(H,30,34)(H,35,36,37);/q;+1/p-1. The Bertz CT molecular complexity index is 1730. The number of carbonyl (C=O) groups is 1. The van der Waals surface area contributed by atoms with Crippen LogP contribution in [0.5, 0.6) is 11.5 Å². The fraction of sp³-hybridized carbons (Fsp3) is 0.148. The van der Waals surface area contributed by atoms with Gasteiger partial charge >= 0.3 is 29.6 Å². The van der Waals surface area contributed by atoms with Crippen LogP contribution in [0.25, 0.3) is 10.8 Å². The van der Waals surface area contributed by atoms with Crippen LogP contribution in [-0.4, -0.2) is 25.5 Å². The number of ether oxygens (including phenoxy) is 1. The zero-order valence-electron chi connectivity index (χ0n) is 21.7. The molecule has 2 N–H and O–H groups in total. The molecular weight excluding hydrogens is 588 g/mol. The topological polar surface area (TPSA) is 140 Å². The molecule has 0 unspecified atom stereocenters. The minimum absolute atomic E-state index is 0. The van der Waals surface area contributed by atoms with Crippen LogP contribution in [0.3, 0.4) is 0 Å². The summed E-state index contributed by atoms with van der Waals surface area (Å²) in [5.41, 5.74) is 0.226. The maximum atomic E-state index is 13.5. The molecule has 4 rings (SSSR count). The summed E-state index contributed by atoms with van der Waals surface area (Å²) in [4.78, 5) is 12.8. The van der Waals surface area contributed by atoms with Gasteiger partial charge in [-0.25, -0.2) is 0 Å². The molecule has 0 aromatic heterocycles. The molecule has 0 spiro atoms. The second kappa shape index (κ2) is 13.3. The van der Waals surface area contributed by atoms with Gasteiger partial charge in [0, 0.05) is 17.0 Å². The van der Waals surface area contributed by atoms with Crippen molar-refractivity contribution in [3.8, 4) is 11.5 Å². The van der Waals surface area contributed by atoms with E-state index in [1.807, 2.05) is 6.92 Å². The molecule has 0 bridgehead atoms. The number of fused-ring (bicyclic) bond motifs is 1. The third-order valence-electron chi connectivity index (χ3n) is 5.76. The smallest absolute Gasteiger partial charge is 0.870 e. The van der Waals surface area contributed by atoms with Crippen molar-refractivity contribution < 1.29 is 57.2 Å². The Labute approximate surface area is 263 Å². The largest absolute Gasteiger partial charge is 1.00 e. The number of hydrogen-bond acceptors (Lipinski definition) is 7. The number of halogens is 2. The zero-order chi connectivity index (χ0) is 28.3. The maximum Gasteiger partial charge on any atom is 1.00 e. The molecule has 9 nitrogen and oxygen atoms in total. The van der Waals surface area contributed by atoms with Crippen LogP contribution < -0.4 is 44.7 Å². The van der Waals surface area contributed by atoms with Crippen molar-refractivity contribution in [2.75, 3.05) is 11.9 Å². The van der Waals surface area contributed by atoms with Crippen LogP contribution in [0.2, 0.25) is 10.0 Å². The summed E-state index contributed by atoms with van der Waals surface area (Å²) >= 11 is 12.6. The van der Waals surface area contributed by atoms with E-state index in [0.717, 1.165) is 6.07 Å². The Balaban J connectivity index is 0.00000441. The summed E-state index contributed by atoms with van der Waals surface area (Å²) in [6.45, 7) is 3.98. The van der Waals surface area contributed by atoms with E-state index in [4.69, 9.17) is 27.9 Å². The van der Waals surface area contributed by atoms with Crippen LogP contribution in [-0.2, 0) is 16.5 Å². The zero-order valence-corrected chi connectivity index (χ0v) is 26.1. The van der Waals surface area contributed by atoms with Gasteiger partial charge in [0.25, 0.3) is 16.0 Å². The Morgan fingerprint density at radius 2 is 1.77 bits per heavy atom. The molecule has 0 saturated heterocycles. The third kappa shape index (κ3) is 6.95. The van der Waals surface area contributed by atoms with Crippen molar-refractivity contribution in [1.29, 1.82) is 0 Å². The first-order chi connectivity index (χ1) is 18.5. The summed E-state index contributed by atoms with van der Waals surface area (Å²) in [5, 5.41) is 25.6. The number of azo groups is 1. The van der Waals surface area contributed by atoms with Crippen molar-refractivity contribution in [2.45, 2.75) is 25.2 Å². The van der Waals surface area contributed by atoms with E-state index in [0.29, 0.717) is 35.1 Å². The van der Waals surface area contributed by atoms with Gasteiger partial charge in [-0.2, -0.15) is 13.5 Å². The number of hydrogen-bond donors (Lipinski definition) is 2. The number of nitrogens with zero attached hydrogens (tertiary/aromatic N) is 2. The van der Waals surface area contributed by atoms with Gasteiger partial charge in [0.1, 0.15) is 11.4 Å². The molecule has 0 aliphatic carbocycles. The van der Waals surface area contributed by atoms with Crippen LogP contribution >= 0.6 is 23.2 Å². The monoisotopic (exact) mass is 609 g/mol. The quantitative estimate of drug-likeness (QED) is 0.175. The first-order valence-electron chi connectivity index (χ1n) is 11.7. The minimum Gasteiger partial charge on any atom is -0.870 e. The normalized spacial score (nSPS) is 11.4.